The topological polar surface area (TPSA) is 60.2 Å². The van der Waals surface area contributed by atoms with Crippen LogP contribution in [-0.4, -0.2) is 16.0 Å². The zero-order valence-electron chi connectivity index (χ0n) is 7.57. The van der Waals surface area contributed by atoms with Crippen LogP contribution in [-0.2, 0) is 0 Å². The lowest BCUT2D eigenvalue weighted by molar-refractivity contribution is -0.384. The molecule has 1 rings (SSSR count). The Bertz CT molecular complexity index is 408. The van der Waals surface area contributed by atoms with Crippen molar-refractivity contribution in [1.29, 1.82) is 0 Å². The van der Waals surface area contributed by atoms with E-state index in [1.54, 1.807) is 0 Å². The summed E-state index contributed by atoms with van der Waals surface area (Å²) >= 11 is 8.80. The fourth-order valence-corrected chi connectivity index (χ4v) is 1.66. The van der Waals surface area contributed by atoms with E-state index in [-0.39, 0.29) is 28.5 Å². The summed E-state index contributed by atoms with van der Waals surface area (Å²) in [6.45, 7) is 0. The highest BCUT2D eigenvalue weighted by atomic mass is 79.9. The highest BCUT2D eigenvalue weighted by Gasteiger charge is 2.13. The molecule has 0 amide bonds. The molecule has 0 bridgehead atoms. The predicted molar refractivity (Wildman–Crippen MR) is 60.8 cm³/mol. The number of carbonyl (C=O) groups is 1. The lowest BCUT2D eigenvalue weighted by Gasteiger charge is -2.00. The Labute approximate surface area is 99.5 Å². The van der Waals surface area contributed by atoms with Gasteiger partial charge in [-0.05, 0) is 6.07 Å². The van der Waals surface area contributed by atoms with E-state index < -0.39 is 4.92 Å². The number of carbonyl (C=O) groups excluding carboxylic acids is 1. The Balaban J connectivity index is 3.09. The van der Waals surface area contributed by atoms with Crippen LogP contribution in [0.4, 0.5) is 5.69 Å². The largest absolute Gasteiger partial charge is 0.294 e. The SMILES string of the molecule is O=C(CCBr)c1cc(Cl)cc([N+](=O)[O-])c1. The Hall–Kier alpha value is -0.940. The molecular formula is C9H7BrClNO3. The van der Waals surface area contributed by atoms with Gasteiger partial charge in [-0.3, -0.25) is 14.9 Å². The molecule has 80 valence electrons. The molecule has 0 saturated heterocycles. The van der Waals surface area contributed by atoms with E-state index in [9.17, 15) is 14.9 Å². The lowest BCUT2D eigenvalue weighted by Crippen LogP contribution is -2.00. The Morgan fingerprint density at radius 3 is 2.67 bits per heavy atom. The number of non-ortho nitro benzene ring substituents is 1. The molecular weight excluding hydrogens is 285 g/mol. The van der Waals surface area contributed by atoms with E-state index >= 15 is 0 Å². The maximum Gasteiger partial charge on any atom is 0.271 e. The van der Waals surface area contributed by atoms with Crippen molar-refractivity contribution >= 4 is 39.0 Å². The summed E-state index contributed by atoms with van der Waals surface area (Å²) in [5.74, 6) is -0.169. The van der Waals surface area contributed by atoms with Gasteiger partial charge in [-0.1, -0.05) is 27.5 Å². The Morgan fingerprint density at radius 2 is 2.13 bits per heavy atom. The zero-order valence-corrected chi connectivity index (χ0v) is 9.92. The van der Waals surface area contributed by atoms with Crippen LogP contribution in [0.3, 0.4) is 0 Å². The summed E-state index contributed by atoms with van der Waals surface area (Å²) in [4.78, 5) is 21.4. The molecule has 0 fully saturated rings. The number of Topliss-reactive ketones (excluding diaryl/α,β-unsaturated/α-hetero) is 1. The van der Waals surface area contributed by atoms with Crippen LogP contribution in [0, 0.1) is 10.1 Å². The number of nitro groups is 1. The van der Waals surface area contributed by atoms with E-state index in [0.29, 0.717) is 5.33 Å². The van der Waals surface area contributed by atoms with Crippen molar-refractivity contribution < 1.29 is 9.72 Å². The summed E-state index contributed by atoms with van der Waals surface area (Å²) in [7, 11) is 0. The third-order valence-electron chi connectivity index (χ3n) is 1.74. The van der Waals surface area contributed by atoms with Crippen LogP contribution in [0.1, 0.15) is 16.8 Å². The van der Waals surface area contributed by atoms with Gasteiger partial charge in [-0.15, -0.1) is 0 Å². The number of ketones is 1. The number of nitro benzene ring substituents is 1. The van der Waals surface area contributed by atoms with Crippen LogP contribution >= 0.6 is 27.5 Å². The van der Waals surface area contributed by atoms with Crippen molar-refractivity contribution in [2.24, 2.45) is 0 Å². The molecule has 0 aliphatic carbocycles. The molecule has 0 saturated carbocycles. The number of rotatable bonds is 4. The van der Waals surface area contributed by atoms with E-state index in [1.165, 1.54) is 18.2 Å². The van der Waals surface area contributed by atoms with Crippen molar-refractivity contribution in [3.8, 4) is 0 Å². The van der Waals surface area contributed by atoms with Gasteiger partial charge in [0.2, 0.25) is 0 Å². The first-order chi connectivity index (χ1) is 7.04. The lowest BCUT2D eigenvalue weighted by atomic mass is 10.1. The van der Waals surface area contributed by atoms with Gasteiger partial charge < -0.3 is 0 Å². The second-order valence-electron chi connectivity index (χ2n) is 2.82. The molecule has 0 N–H and O–H groups in total. The monoisotopic (exact) mass is 291 g/mol. The van der Waals surface area contributed by atoms with Gasteiger partial charge in [-0.25, -0.2) is 0 Å². The predicted octanol–water partition coefficient (Wildman–Crippen LogP) is 3.22. The number of nitrogens with zero attached hydrogens (tertiary/aromatic N) is 1. The number of benzene rings is 1. The first-order valence-electron chi connectivity index (χ1n) is 4.08. The Morgan fingerprint density at radius 1 is 1.47 bits per heavy atom. The molecule has 0 unspecified atom stereocenters. The third-order valence-corrected chi connectivity index (χ3v) is 2.35. The van der Waals surface area contributed by atoms with Gasteiger partial charge >= 0.3 is 0 Å². The van der Waals surface area contributed by atoms with Crippen LogP contribution in [0.15, 0.2) is 18.2 Å². The standard InChI is InChI=1S/C9H7BrClNO3/c10-2-1-9(13)6-3-7(11)5-8(4-6)12(14)15/h3-5H,1-2H2. The summed E-state index contributed by atoms with van der Waals surface area (Å²) in [6, 6.07) is 3.88. The van der Waals surface area contributed by atoms with Crippen LogP contribution in [0.25, 0.3) is 0 Å². The molecule has 1 aromatic rings. The molecule has 1 aromatic carbocycles. The molecule has 0 spiro atoms. The average molecular weight is 293 g/mol. The number of hydrogen-bond acceptors (Lipinski definition) is 3. The highest BCUT2D eigenvalue weighted by molar-refractivity contribution is 9.09. The zero-order chi connectivity index (χ0) is 11.4. The normalized spacial score (nSPS) is 10.0. The smallest absolute Gasteiger partial charge is 0.271 e. The van der Waals surface area contributed by atoms with Crippen LogP contribution < -0.4 is 0 Å². The van der Waals surface area contributed by atoms with E-state index in [4.69, 9.17) is 11.6 Å². The van der Waals surface area contributed by atoms with Gasteiger partial charge in [0.15, 0.2) is 5.78 Å². The first kappa shape index (κ1) is 12.1. The molecule has 0 radical (unpaired) electrons. The van der Waals surface area contributed by atoms with Crippen LogP contribution in [0.2, 0.25) is 5.02 Å². The van der Waals surface area contributed by atoms with Crippen molar-refractivity contribution in [1.82, 2.24) is 0 Å². The minimum absolute atomic E-state index is 0.166. The second-order valence-corrected chi connectivity index (χ2v) is 4.05. The molecule has 0 heterocycles. The van der Waals surface area contributed by atoms with Gasteiger partial charge in [0.25, 0.3) is 5.69 Å². The number of halogens is 2. The fourth-order valence-electron chi connectivity index (χ4n) is 1.07. The van der Waals surface area contributed by atoms with Gasteiger partial charge in [-0.2, -0.15) is 0 Å². The quantitative estimate of drug-likeness (QED) is 0.370. The van der Waals surface area contributed by atoms with Crippen molar-refractivity contribution in [3.63, 3.8) is 0 Å². The van der Waals surface area contributed by atoms with E-state index in [0.717, 1.165) is 0 Å². The molecule has 0 atom stereocenters. The maximum atomic E-state index is 11.5. The van der Waals surface area contributed by atoms with Gasteiger partial charge in [0.1, 0.15) is 0 Å². The minimum Gasteiger partial charge on any atom is -0.294 e. The highest BCUT2D eigenvalue weighted by Crippen LogP contribution is 2.21. The van der Waals surface area contributed by atoms with E-state index in [2.05, 4.69) is 15.9 Å². The fraction of sp³-hybridized carbons (Fsp3) is 0.222. The summed E-state index contributed by atoms with van der Waals surface area (Å²) in [6.07, 6.45) is 0.289. The average Bonchev–Trinajstić information content (AvgIpc) is 2.17. The summed E-state index contributed by atoms with van der Waals surface area (Å²) in [5.41, 5.74) is 0.106. The second kappa shape index (κ2) is 5.23. The number of hydrogen-bond donors (Lipinski definition) is 0. The van der Waals surface area contributed by atoms with Crippen molar-refractivity contribution in [2.45, 2.75) is 6.42 Å². The van der Waals surface area contributed by atoms with E-state index in [1.807, 2.05) is 0 Å². The molecule has 0 aliphatic heterocycles. The maximum absolute atomic E-state index is 11.5. The molecule has 4 nitrogen and oxygen atoms in total. The van der Waals surface area contributed by atoms with Gasteiger partial charge in [0, 0.05) is 34.5 Å². The minimum atomic E-state index is -0.573. The van der Waals surface area contributed by atoms with Crippen molar-refractivity contribution in [3.05, 3.63) is 38.9 Å². The molecule has 0 aromatic heterocycles. The summed E-state index contributed by atoms with van der Waals surface area (Å²) in [5, 5.41) is 11.2. The summed E-state index contributed by atoms with van der Waals surface area (Å²) < 4.78 is 0. The molecule has 0 aliphatic rings. The van der Waals surface area contributed by atoms with Crippen molar-refractivity contribution in [2.75, 3.05) is 5.33 Å². The first-order valence-corrected chi connectivity index (χ1v) is 5.58. The molecule has 15 heavy (non-hydrogen) atoms. The number of alkyl halides is 1. The van der Waals surface area contributed by atoms with Gasteiger partial charge in [0.05, 0.1) is 4.92 Å². The third kappa shape index (κ3) is 3.28. The van der Waals surface area contributed by atoms with Crippen LogP contribution in [0.5, 0.6) is 0 Å². The Kier molecular flexibility index (Phi) is 4.23. The molecule has 6 heteroatoms.